The van der Waals surface area contributed by atoms with Crippen LogP contribution in [0.1, 0.15) is 11.1 Å². The Morgan fingerprint density at radius 3 is 1.19 bits per heavy atom. The first-order valence-corrected chi connectivity index (χ1v) is 12.0. The number of pyridine rings is 2. The fourth-order valence-electron chi connectivity index (χ4n) is 4.38. The molecule has 0 N–H and O–H groups in total. The maximum atomic E-state index is 5.12. The third-order valence-corrected chi connectivity index (χ3v) is 6.52. The fraction of sp³-hybridized carbons (Fsp3) is 0.0625. The van der Waals surface area contributed by atoms with E-state index in [1.165, 1.54) is 11.1 Å². The zero-order valence-corrected chi connectivity index (χ0v) is 20.2. The van der Waals surface area contributed by atoms with Gasteiger partial charge in [-0.25, -0.2) is 9.97 Å². The highest BCUT2D eigenvalue weighted by Gasteiger charge is 2.15. The van der Waals surface area contributed by atoms with Gasteiger partial charge in [-0.05, 0) is 61.4 Å². The van der Waals surface area contributed by atoms with Crippen LogP contribution in [0.5, 0.6) is 0 Å². The van der Waals surface area contributed by atoms with Gasteiger partial charge in [0.1, 0.15) is 0 Å². The van der Waals surface area contributed by atoms with Gasteiger partial charge in [0.2, 0.25) is 0 Å². The zero-order valence-electron chi connectivity index (χ0n) is 20.2. The highest BCUT2D eigenvalue weighted by Crippen LogP contribution is 2.33. The molecule has 0 saturated carbocycles. The van der Waals surface area contributed by atoms with Crippen molar-refractivity contribution in [1.29, 1.82) is 0 Å². The quantitative estimate of drug-likeness (QED) is 0.268. The average molecular weight is 465 g/mol. The molecule has 3 aromatic carbocycles. The maximum absolute atomic E-state index is 5.12. The Labute approximate surface area is 210 Å². The van der Waals surface area contributed by atoms with E-state index < -0.39 is 0 Å². The molecule has 3 heterocycles. The van der Waals surface area contributed by atoms with E-state index in [2.05, 4.69) is 84.5 Å². The summed E-state index contributed by atoms with van der Waals surface area (Å²) in [6.07, 6.45) is 3.63. The Morgan fingerprint density at radius 2 is 0.833 bits per heavy atom. The number of hydrogen-bond acceptors (Lipinski definition) is 4. The topological polar surface area (TPSA) is 51.6 Å². The van der Waals surface area contributed by atoms with Gasteiger partial charge in [0.15, 0.2) is 0 Å². The summed E-state index contributed by atoms with van der Waals surface area (Å²) in [5.74, 6) is 0. The molecule has 3 aromatic heterocycles. The van der Waals surface area contributed by atoms with E-state index in [1.54, 1.807) is 0 Å². The Balaban J connectivity index is 1.49. The molecule has 172 valence electrons. The van der Waals surface area contributed by atoms with Crippen LogP contribution < -0.4 is 0 Å². The number of hydrogen-bond donors (Lipinski definition) is 0. The van der Waals surface area contributed by atoms with Gasteiger partial charge in [0, 0.05) is 34.6 Å². The predicted molar refractivity (Wildman–Crippen MR) is 146 cm³/mol. The molecule has 6 aromatic rings. The lowest BCUT2D eigenvalue weighted by atomic mass is 9.99. The molecule has 0 fully saturated rings. The molecule has 0 spiro atoms. The van der Waals surface area contributed by atoms with Gasteiger partial charge in [0.25, 0.3) is 0 Å². The van der Waals surface area contributed by atoms with Gasteiger partial charge in [-0.15, -0.1) is 0 Å². The lowest BCUT2D eigenvalue weighted by Gasteiger charge is -2.13. The van der Waals surface area contributed by atoms with E-state index in [0.29, 0.717) is 0 Å². The normalized spacial score (nSPS) is 11.1. The van der Waals surface area contributed by atoms with E-state index in [4.69, 9.17) is 9.97 Å². The summed E-state index contributed by atoms with van der Waals surface area (Å²) in [4.78, 5) is 19.2. The second kappa shape index (κ2) is 9.16. The average Bonchev–Trinajstić information content (AvgIpc) is 2.94. The van der Waals surface area contributed by atoms with Crippen LogP contribution in [-0.4, -0.2) is 19.9 Å². The van der Waals surface area contributed by atoms with E-state index in [1.807, 2.05) is 48.8 Å². The van der Waals surface area contributed by atoms with Crippen LogP contribution >= 0.6 is 0 Å². The van der Waals surface area contributed by atoms with Gasteiger partial charge >= 0.3 is 0 Å². The molecule has 0 saturated heterocycles. The molecule has 6 rings (SSSR count). The third-order valence-electron chi connectivity index (χ3n) is 6.52. The number of aryl methyl sites for hydroxylation is 2. The number of aromatic nitrogens is 4. The van der Waals surface area contributed by atoms with Crippen molar-refractivity contribution < 1.29 is 0 Å². The molecule has 4 nitrogen and oxygen atoms in total. The second-order valence-electron chi connectivity index (χ2n) is 8.93. The Morgan fingerprint density at radius 1 is 0.444 bits per heavy atom. The molecule has 0 aliphatic heterocycles. The van der Waals surface area contributed by atoms with Crippen LogP contribution in [0.3, 0.4) is 0 Å². The van der Waals surface area contributed by atoms with Gasteiger partial charge in [-0.2, -0.15) is 0 Å². The van der Waals surface area contributed by atoms with Crippen molar-refractivity contribution in [3.05, 3.63) is 121 Å². The van der Waals surface area contributed by atoms with E-state index >= 15 is 0 Å². The van der Waals surface area contributed by atoms with Crippen LogP contribution in [-0.2, 0) is 0 Å². The summed E-state index contributed by atoms with van der Waals surface area (Å²) in [7, 11) is 0. The highest BCUT2D eigenvalue weighted by atomic mass is 14.8. The Kier molecular flexibility index (Phi) is 5.55. The largest absolute Gasteiger partial charge is 0.256 e. The molecule has 4 heteroatoms. The second-order valence-corrected chi connectivity index (χ2v) is 8.93. The van der Waals surface area contributed by atoms with Crippen molar-refractivity contribution in [2.75, 3.05) is 0 Å². The minimum Gasteiger partial charge on any atom is -0.256 e. The van der Waals surface area contributed by atoms with Crippen molar-refractivity contribution in [3.63, 3.8) is 0 Å². The summed E-state index contributed by atoms with van der Waals surface area (Å²) < 4.78 is 0. The smallest absolute Gasteiger partial charge is 0.0973 e. The predicted octanol–water partition coefficient (Wildman–Crippen LogP) is 7.70. The number of nitrogens with zero attached hydrogens (tertiary/aromatic N) is 4. The van der Waals surface area contributed by atoms with Crippen LogP contribution in [0.4, 0.5) is 0 Å². The standard InChI is InChI=1S/C32H24N4/c1-21-19-29-30(20-22(21)2)36-32(26-15-11-24(12-16-26)28-8-4-6-18-34-28)31(35-29)25-13-9-23(10-14-25)27-7-3-5-17-33-27/h3-20H,1-2H3. The first kappa shape index (κ1) is 21.8. The molecule has 0 atom stereocenters. The minimum atomic E-state index is 0.865. The number of rotatable bonds is 4. The molecule has 36 heavy (non-hydrogen) atoms. The lowest BCUT2D eigenvalue weighted by molar-refractivity contribution is 1.26. The highest BCUT2D eigenvalue weighted by molar-refractivity contribution is 5.87. The van der Waals surface area contributed by atoms with E-state index in [-0.39, 0.29) is 0 Å². The van der Waals surface area contributed by atoms with Gasteiger partial charge in [0.05, 0.1) is 33.8 Å². The number of benzene rings is 3. The van der Waals surface area contributed by atoms with Gasteiger partial charge < -0.3 is 0 Å². The molecule has 0 aliphatic carbocycles. The molecule has 0 unspecified atom stereocenters. The molecule has 0 bridgehead atoms. The SMILES string of the molecule is Cc1cc2nc(-c3ccc(-c4ccccn4)cc3)c(-c3ccc(-c4ccccn4)cc3)nc2cc1C. The van der Waals surface area contributed by atoms with Gasteiger partial charge in [-0.1, -0.05) is 60.7 Å². The third kappa shape index (κ3) is 4.14. The maximum Gasteiger partial charge on any atom is 0.0973 e. The Bertz CT molecular complexity index is 1530. The molecule has 0 radical (unpaired) electrons. The van der Waals surface area contributed by atoms with Crippen LogP contribution in [0.15, 0.2) is 109 Å². The minimum absolute atomic E-state index is 0.865. The Hall–Kier alpha value is -4.70. The van der Waals surface area contributed by atoms with E-state index in [0.717, 1.165) is 56.1 Å². The number of fused-ring (bicyclic) bond motifs is 1. The molecule has 0 aliphatic rings. The van der Waals surface area contributed by atoms with Crippen molar-refractivity contribution in [3.8, 4) is 45.0 Å². The molecule has 0 amide bonds. The summed E-state index contributed by atoms with van der Waals surface area (Å²) in [6.45, 7) is 4.23. The fourth-order valence-corrected chi connectivity index (χ4v) is 4.38. The van der Waals surface area contributed by atoms with Crippen molar-refractivity contribution in [2.45, 2.75) is 13.8 Å². The molecular weight excluding hydrogens is 440 g/mol. The van der Waals surface area contributed by atoms with Gasteiger partial charge in [-0.3, -0.25) is 9.97 Å². The first-order valence-electron chi connectivity index (χ1n) is 12.0. The summed E-state index contributed by atoms with van der Waals surface area (Å²) in [5, 5.41) is 0. The zero-order chi connectivity index (χ0) is 24.5. The summed E-state index contributed by atoms with van der Waals surface area (Å²) in [6, 6.07) is 32.9. The lowest BCUT2D eigenvalue weighted by Crippen LogP contribution is -1.97. The summed E-state index contributed by atoms with van der Waals surface area (Å²) in [5.41, 5.74) is 12.0. The van der Waals surface area contributed by atoms with Crippen molar-refractivity contribution >= 4 is 11.0 Å². The van der Waals surface area contributed by atoms with Crippen LogP contribution in [0, 0.1) is 13.8 Å². The van der Waals surface area contributed by atoms with Crippen LogP contribution in [0.25, 0.3) is 56.1 Å². The summed E-state index contributed by atoms with van der Waals surface area (Å²) >= 11 is 0. The van der Waals surface area contributed by atoms with E-state index in [9.17, 15) is 0 Å². The first-order chi connectivity index (χ1) is 17.7. The van der Waals surface area contributed by atoms with Crippen molar-refractivity contribution in [1.82, 2.24) is 19.9 Å². The van der Waals surface area contributed by atoms with Crippen LogP contribution in [0.2, 0.25) is 0 Å². The molecular formula is C32H24N4. The van der Waals surface area contributed by atoms with Crippen molar-refractivity contribution in [2.24, 2.45) is 0 Å². The monoisotopic (exact) mass is 464 g/mol.